The molecular formula is C17H13NO5. The molecule has 0 unspecified atom stereocenters. The number of esters is 1. The van der Waals surface area contributed by atoms with Crippen molar-refractivity contribution in [2.24, 2.45) is 0 Å². The third-order valence-electron chi connectivity index (χ3n) is 3.47. The molecular weight excluding hydrogens is 298 g/mol. The van der Waals surface area contributed by atoms with E-state index < -0.39 is 10.9 Å². The molecule has 2 heterocycles. The molecule has 23 heavy (non-hydrogen) atoms. The van der Waals surface area contributed by atoms with Crippen LogP contribution in [0.15, 0.2) is 46.4 Å². The lowest BCUT2D eigenvalue weighted by Gasteiger charge is -2.06. The molecule has 0 saturated heterocycles. The molecule has 2 aromatic rings. The molecule has 0 atom stereocenters. The molecule has 6 nitrogen and oxygen atoms in total. The Morgan fingerprint density at radius 3 is 2.65 bits per heavy atom. The topological polar surface area (TPSA) is 82.6 Å². The van der Waals surface area contributed by atoms with Crippen LogP contribution in [0.3, 0.4) is 0 Å². The predicted octanol–water partition coefficient (Wildman–Crippen LogP) is 3.79. The molecule has 0 aliphatic carbocycles. The number of carbonyl (C=O) groups excluding carboxylic acids is 1. The maximum absolute atomic E-state index is 12.0. The average molecular weight is 311 g/mol. The van der Waals surface area contributed by atoms with E-state index >= 15 is 0 Å². The number of nitrogens with zero attached hydrogens (tertiary/aromatic N) is 1. The molecule has 116 valence electrons. The molecule has 0 bridgehead atoms. The van der Waals surface area contributed by atoms with Gasteiger partial charge in [-0.2, -0.15) is 0 Å². The summed E-state index contributed by atoms with van der Waals surface area (Å²) in [6.45, 7) is 3.89. The molecule has 1 aliphatic heterocycles. The van der Waals surface area contributed by atoms with Gasteiger partial charge in [-0.3, -0.25) is 10.1 Å². The third kappa shape index (κ3) is 2.91. The van der Waals surface area contributed by atoms with E-state index in [0.717, 1.165) is 16.7 Å². The first-order valence-electron chi connectivity index (χ1n) is 6.91. The first-order chi connectivity index (χ1) is 10.9. The van der Waals surface area contributed by atoms with Gasteiger partial charge in [-0.1, -0.05) is 17.7 Å². The lowest BCUT2D eigenvalue weighted by Crippen LogP contribution is -1.98. The number of hydrogen-bond donors (Lipinski definition) is 0. The second kappa shape index (κ2) is 5.57. The van der Waals surface area contributed by atoms with Crippen LogP contribution in [-0.2, 0) is 9.53 Å². The summed E-state index contributed by atoms with van der Waals surface area (Å²) in [7, 11) is 0. The number of aryl methyl sites for hydroxylation is 2. The van der Waals surface area contributed by atoms with Gasteiger partial charge >= 0.3 is 11.9 Å². The Morgan fingerprint density at radius 2 is 1.96 bits per heavy atom. The Kier molecular flexibility index (Phi) is 3.57. The van der Waals surface area contributed by atoms with Gasteiger partial charge in [0.05, 0.1) is 11.6 Å². The van der Waals surface area contributed by atoms with Gasteiger partial charge in [0.2, 0.25) is 0 Å². The zero-order valence-electron chi connectivity index (χ0n) is 12.5. The van der Waals surface area contributed by atoms with Gasteiger partial charge in [0.25, 0.3) is 0 Å². The summed E-state index contributed by atoms with van der Waals surface area (Å²) in [4.78, 5) is 22.0. The molecule has 1 aromatic carbocycles. The van der Waals surface area contributed by atoms with Crippen molar-refractivity contribution in [3.63, 3.8) is 0 Å². The van der Waals surface area contributed by atoms with Crippen LogP contribution in [0.4, 0.5) is 5.88 Å². The first kappa shape index (κ1) is 14.8. The van der Waals surface area contributed by atoms with Gasteiger partial charge in [-0.05, 0) is 43.7 Å². The van der Waals surface area contributed by atoms with Crippen LogP contribution in [-0.4, -0.2) is 10.9 Å². The molecule has 0 radical (unpaired) electrons. The van der Waals surface area contributed by atoms with Gasteiger partial charge < -0.3 is 9.15 Å². The summed E-state index contributed by atoms with van der Waals surface area (Å²) in [5.41, 5.74) is 3.17. The normalized spacial score (nSPS) is 15.7. The van der Waals surface area contributed by atoms with Crippen LogP contribution in [0.25, 0.3) is 11.8 Å². The van der Waals surface area contributed by atoms with Crippen LogP contribution in [0.5, 0.6) is 0 Å². The molecule has 0 N–H and O–H groups in total. The van der Waals surface area contributed by atoms with Crippen LogP contribution >= 0.6 is 0 Å². The van der Waals surface area contributed by atoms with E-state index in [1.807, 2.05) is 32.0 Å². The minimum atomic E-state index is -0.633. The summed E-state index contributed by atoms with van der Waals surface area (Å²) in [5.74, 6) is -0.201. The number of benzene rings is 1. The number of hydrogen-bond acceptors (Lipinski definition) is 5. The molecule has 3 rings (SSSR count). The third-order valence-corrected chi connectivity index (χ3v) is 3.47. The Balaban J connectivity index is 1.96. The van der Waals surface area contributed by atoms with Crippen LogP contribution in [0.2, 0.25) is 0 Å². The van der Waals surface area contributed by atoms with Crippen molar-refractivity contribution in [1.82, 2.24) is 0 Å². The minimum absolute atomic E-state index is 0.224. The summed E-state index contributed by atoms with van der Waals surface area (Å²) >= 11 is 0. The van der Waals surface area contributed by atoms with E-state index in [-0.39, 0.29) is 17.2 Å². The van der Waals surface area contributed by atoms with Crippen LogP contribution in [0, 0.1) is 24.0 Å². The number of furan rings is 1. The van der Waals surface area contributed by atoms with E-state index in [9.17, 15) is 14.9 Å². The Hall–Kier alpha value is -3.15. The zero-order chi connectivity index (χ0) is 16.6. The molecule has 0 spiro atoms. The van der Waals surface area contributed by atoms with Gasteiger partial charge in [0.15, 0.2) is 0 Å². The second-order valence-electron chi connectivity index (χ2n) is 5.25. The van der Waals surface area contributed by atoms with Crippen LogP contribution in [0.1, 0.15) is 22.5 Å². The van der Waals surface area contributed by atoms with Gasteiger partial charge in [0.1, 0.15) is 16.4 Å². The van der Waals surface area contributed by atoms with Gasteiger partial charge in [-0.25, -0.2) is 4.79 Å². The fourth-order valence-electron chi connectivity index (χ4n) is 2.29. The highest BCUT2D eigenvalue weighted by molar-refractivity contribution is 6.05. The number of cyclic esters (lactones) is 1. The van der Waals surface area contributed by atoms with Crippen molar-refractivity contribution >= 4 is 23.7 Å². The highest BCUT2D eigenvalue weighted by Crippen LogP contribution is 2.30. The van der Waals surface area contributed by atoms with Crippen LogP contribution < -0.4 is 0 Å². The molecule has 6 heteroatoms. The number of ether oxygens (including phenoxy) is 1. The maximum atomic E-state index is 12.0. The summed E-state index contributed by atoms with van der Waals surface area (Å²) in [6.07, 6.45) is 3.03. The average Bonchev–Trinajstić information content (AvgIpc) is 3.10. The number of carbonyl (C=O) groups is 1. The van der Waals surface area contributed by atoms with E-state index in [4.69, 9.17) is 9.15 Å². The van der Waals surface area contributed by atoms with E-state index in [1.54, 1.807) is 6.08 Å². The van der Waals surface area contributed by atoms with Crippen molar-refractivity contribution in [1.29, 1.82) is 0 Å². The first-order valence-corrected chi connectivity index (χ1v) is 6.91. The molecule has 0 saturated carbocycles. The van der Waals surface area contributed by atoms with Crippen molar-refractivity contribution in [3.05, 3.63) is 74.5 Å². The summed E-state index contributed by atoms with van der Waals surface area (Å²) in [5, 5.41) is 10.6. The SMILES string of the molecule is Cc1ccc(C)c(C2=CC(=Cc3ccc([N+](=O)[O-])o3)C(=O)O2)c1. The van der Waals surface area contributed by atoms with E-state index in [1.165, 1.54) is 18.2 Å². The Labute approximate surface area is 131 Å². The fourth-order valence-corrected chi connectivity index (χ4v) is 2.29. The largest absolute Gasteiger partial charge is 0.433 e. The predicted molar refractivity (Wildman–Crippen MR) is 83.3 cm³/mol. The number of rotatable bonds is 3. The summed E-state index contributed by atoms with van der Waals surface area (Å²) in [6, 6.07) is 8.55. The standard InChI is InChI=1S/C17H13NO5/c1-10-3-4-11(2)14(7-10)15-9-12(17(19)23-15)8-13-5-6-16(22-13)18(20)21/h3-9H,1-2H3. The second-order valence-corrected chi connectivity index (χ2v) is 5.25. The summed E-state index contributed by atoms with van der Waals surface area (Å²) < 4.78 is 10.3. The van der Waals surface area contributed by atoms with Crippen molar-refractivity contribution in [2.45, 2.75) is 13.8 Å². The van der Waals surface area contributed by atoms with E-state index in [0.29, 0.717) is 5.76 Å². The number of nitro groups is 1. The van der Waals surface area contributed by atoms with Gasteiger partial charge in [0, 0.05) is 5.56 Å². The molecule has 0 amide bonds. The monoisotopic (exact) mass is 311 g/mol. The molecule has 1 aromatic heterocycles. The lowest BCUT2D eigenvalue weighted by atomic mass is 10.0. The lowest BCUT2D eigenvalue weighted by molar-refractivity contribution is -0.402. The molecule has 0 fully saturated rings. The Morgan fingerprint density at radius 1 is 1.17 bits per heavy atom. The van der Waals surface area contributed by atoms with Gasteiger partial charge in [-0.15, -0.1) is 0 Å². The molecule has 1 aliphatic rings. The minimum Gasteiger partial charge on any atom is -0.422 e. The highest BCUT2D eigenvalue weighted by Gasteiger charge is 2.24. The smallest absolute Gasteiger partial charge is 0.422 e. The van der Waals surface area contributed by atoms with Crippen molar-refractivity contribution in [2.75, 3.05) is 0 Å². The fraction of sp³-hybridized carbons (Fsp3) is 0.118. The quantitative estimate of drug-likeness (QED) is 0.373. The zero-order valence-corrected chi connectivity index (χ0v) is 12.5. The highest BCUT2D eigenvalue weighted by atomic mass is 16.6. The van der Waals surface area contributed by atoms with Crippen molar-refractivity contribution < 1.29 is 18.9 Å². The maximum Gasteiger partial charge on any atom is 0.433 e. The van der Waals surface area contributed by atoms with Crippen molar-refractivity contribution in [3.8, 4) is 0 Å². The van der Waals surface area contributed by atoms with E-state index in [2.05, 4.69) is 0 Å². The Bertz CT molecular complexity index is 873.